The SMILES string of the molecule is CC(O)C(C)(C)C(C)(C)C(C)(C)C(N)=O. The van der Waals surface area contributed by atoms with E-state index in [2.05, 4.69) is 0 Å². The Balaban J connectivity index is 5.40. The lowest BCUT2D eigenvalue weighted by Gasteiger charge is -2.52. The molecule has 0 bridgehead atoms. The van der Waals surface area contributed by atoms with Gasteiger partial charge in [0.2, 0.25) is 5.91 Å². The van der Waals surface area contributed by atoms with Gasteiger partial charge in [-0.25, -0.2) is 0 Å². The van der Waals surface area contributed by atoms with Gasteiger partial charge in [0.05, 0.1) is 6.10 Å². The molecule has 0 radical (unpaired) electrons. The third-order valence-corrected chi connectivity index (χ3v) is 4.83. The molecular weight excluding hydrogens is 190 g/mol. The fraction of sp³-hybridized carbons (Fsp3) is 0.917. The lowest BCUT2D eigenvalue weighted by molar-refractivity contribution is -0.145. The van der Waals surface area contributed by atoms with Crippen LogP contribution in [0.2, 0.25) is 0 Å². The molecule has 1 unspecified atom stereocenters. The molecule has 90 valence electrons. The maximum Gasteiger partial charge on any atom is 0.223 e. The number of nitrogens with two attached hydrogens (primary N) is 1. The van der Waals surface area contributed by atoms with E-state index in [1.807, 2.05) is 41.5 Å². The number of hydrogen-bond donors (Lipinski definition) is 2. The molecule has 0 spiro atoms. The summed E-state index contributed by atoms with van der Waals surface area (Å²) in [4.78, 5) is 11.5. The molecule has 0 aromatic rings. The molecule has 0 fully saturated rings. The minimum atomic E-state index is -0.659. The molecule has 0 saturated carbocycles. The Hall–Kier alpha value is -0.570. The summed E-state index contributed by atoms with van der Waals surface area (Å²) in [5.74, 6) is -0.332. The van der Waals surface area contributed by atoms with Crippen LogP contribution >= 0.6 is 0 Å². The summed E-state index contributed by atoms with van der Waals surface area (Å²) in [6.45, 7) is 13.3. The van der Waals surface area contributed by atoms with Gasteiger partial charge in [-0.2, -0.15) is 0 Å². The van der Waals surface area contributed by atoms with Crippen molar-refractivity contribution in [1.29, 1.82) is 0 Å². The van der Waals surface area contributed by atoms with Crippen LogP contribution in [0, 0.1) is 16.2 Å². The summed E-state index contributed by atoms with van der Waals surface area (Å²) in [6.07, 6.45) is -0.494. The monoisotopic (exact) mass is 215 g/mol. The van der Waals surface area contributed by atoms with Crippen molar-refractivity contribution < 1.29 is 9.90 Å². The van der Waals surface area contributed by atoms with E-state index in [-0.39, 0.29) is 16.7 Å². The van der Waals surface area contributed by atoms with Crippen LogP contribution in [0.25, 0.3) is 0 Å². The number of aliphatic hydroxyl groups excluding tert-OH is 1. The molecule has 0 aliphatic rings. The molecule has 0 aromatic carbocycles. The zero-order valence-electron chi connectivity index (χ0n) is 11.0. The molecule has 0 aliphatic heterocycles. The second kappa shape index (κ2) is 3.78. The first-order valence-corrected chi connectivity index (χ1v) is 5.37. The van der Waals surface area contributed by atoms with Crippen molar-refractivity contribution in [2.24, 2.45) is 22.0 Å². The van der Waals surface area contributed by atoms with E-state index >= 15 is 0 Å². The van der Waals surface area contributed by atoms with Crippen LogP contribution in [-0.4, -0.2) is 17.1 Å². The molecular formula is C12H25NO2. The Morgan fingerprint density at radius 2 is 1.47 bits per heavy atom. The van der Waals surface area contributed by atoms with E-state index in [0.29, 0.717) is 0 Å². The van der Waals surface area contributed by atoms with Crippen molar-refractivity contribution in [2.45, 2.75) is 54.6 Å². The topological polar surface area (TPSA) is 63.3 Å². The predicted molar refractivity (Wildman–Crippen MR) is 62.2 cm³/mol. The Morgan fingerprint density at radius 3 is 1.67 bits per heavy atom. The molecule has 0 rings (SSSR count). The number of rotatable bonds is 4. The Morgan fingerprint density at radius 1 is 1.13 bits per heavy atom. The smallest absolute Gasteiger partial charge is 0.223 e. The fourth-order valence-electron chi connectivity index (χ4n) is 1.64. The molecule has 0 heterocycles. The number of carbonyl (C=O) groups is 1. The van der Waals surface area contributed by atoms with Gasteiger partial charge in [-0.05, 0) is 17.8 Å². The zero-order valence-corrected chi connectivity index (χ0v) is 11.0. The molecule has 0 saturated heterocycles. The van der Waals surface area contributed by atoms with Gasteiger partial charge >= 0.3 is 0 Å². The highest BCUT2D eigenvalue weighted by Crippen LogP contribution is 2.52. The number of aliphatic hydroxyl groups is 1. The Labute approximate surface area is 93.0 Å². The molecule has 1 amide bonds. The van der Waals surface area contributed by atoms with Crippen molar-refractivity contribution in [2.75, 3.05) is 0 Å². The van der Waals surface area contributed by atoms with E-state index < -0.39 is 11.5 Å². The predicted octanol–water partition coefficient (Wildman–Crippen LogP) is 1.93. The van der Waals surface area contributed by atoms with E-state index in [1.165, 1.54) is 0 Å². The third-order valence-electron chi connectivity index (χ3n) is 4.83. The highest BCUT2D eigenvalue weighted by atomic mass is 16.3. The van der Waals surface area contributed by atoms with Gasteiger partial charge < -0.3 is 10.8 Å². The quantitative estimate of drug-likeness (QED) is 0.752. The molecule has 3 heteroatoms. The van der Waals surface area contributed by atoms with Crippen LogP contribution in [0.5, 0.6) is 0 Å². The van der Waals surface area contributed by atoms with Crippen LogP contribution in [0.3, 0.4) is 0 Å². The van der Waals surface area contributed by atoms with Crippen LogP contribution in [0.15, 0.2) is 0 Å². The summed E-state index contributed by atoms with van der Waals surface area (Å²) in [6, 6.07) is 0. The minimum Gasteiger partial charge on any atom is -0.393 e. The lowest BCUT2D eigenvalue weighted by Crippen LogP contribution is -2.54. The highest BCUT2D eigenvalue weighted by molar-refractivity contribution is 5.81. The third kappa shape index (κ3) is 2.03. The maximum absolute atomic E-state index is 11.5. The molecule has 1 atom stereocenters. The molecule has 3 nitrogen and oxygen atoms in total. The van der Waals surface area contributed by atoms with Gasteiger partial charge in [-0.3, -0.25) is 4.79 Å². The van der Waals surface area contributed by atoms with Gasteiger partial charge in [-0.1, -0.05) is 41.5 Å². The normalized spacial score (nSPS) is 16.3. The standard InChI is InChI=1S/C12H25NO2/c1-8(14)10(2,3)12(6,7)11(4,5)9(13)15/h8,14H,1-7H3,(H2,13,15). The summed E-state index contributed by atoms with van der Waals surface area (Å²) >= 11 is 0. The second-order valence-electron chi connectivity index (χ2n) is 6.01. The van der Waals surface area contributed by atoms with Crippen molar-refractivity contribution in [3.05, 3.63) is 0 Å². The van der Waals surface area contributed by atoms with Gasteiger partial charge in [0.15, 0.2) is 0 Å². The van der Waals surface area contributed by atoms with Crippen LogP contribution in [0.1, 0.15) is 48.5 Å². The number of hydrogen-bond acceptors (Lipinski definition) is 2. The zero-order chi connectivity index (χ0) is 12.7. The van der Waals surface area contributed by atoms with E-state index in [1.54, 1.807) is 6.92 Å². The van der Waals surface area contributed by atoms with Gasteiger partial charge in [-0.15, -0.1) is 0 Å². The average molecular weight is 215 g/mol. The molecule has 3 N–H and O–H groups in total. The number of primary amides is 1. The first-order valence-electron chi connectivity index (χ1n) is 5.37. The van der Waals surface area contributed by atoms with Crippen LogP contribution < -0.4 is 5.73 Å². The van der Waals surface area contributed by atoms with Gasteiger partial charge in [0.1, 0.15) is 0 Å². The summed E-state index contributed by atoms with van der Waals surface area (Å²) in [5, 5.41) is 9.81. The minimum absolute atomic E-state index is 0.332. The second-order valence-corrected chi connectivity index (χ2v) is 6.01. The average Bonchev–Trinajstić information content (AvgIpc) is 2.02. The fourth-order valence-corrected chi connectivity index (χ4v) is 1.64. The molecule has 0 aliphatic carbocycles. The number of carbonyl (C=O) groups excluding carboxylic acids is 1. The maximum atomic E-state index is 11.5. The van der Waals surface area contributed by atoms with E-state index in [0.717, 1.165) is 0 Å². The van der Waals surface area contributed by atoms with Gasteiger partial charge in [0, 0.05) is 5.41 Å². The highest BCUT2D eigenvalue weighted by Gasteiger charge is 2.52. The van der Waals surface area contributed by atoms with Crippen LogP contribution in [0.4, 0.5) is 0 Å². The van der Waals surface area contributed by atoms with E-state index in [4.69, 9.17) is 5.73 Å². The Bertz CT molecular complexity index is 252. The Kier molecular flexibility index (Phi) is 3.64. The van der Waals surface area contributed by atoms with Crippen molar-refractivity contribution in [3.63, 3.8) is 0 Å². The molecule has 15 heavy (non-hydrogen) atoms. The summed E-state index contributed by atoms with van der Waals surface area (Å²) < 4.78 is 0. The van der Waals surface area contributed by atoms with Gasteiger partial charge in [0.25, 0.3) is 0 Å². The van der Waals surface area contributed by atoms with Crippen molar-refractivity contribution in [3.8, 4) is 0 Å². The molecule has 0 aromatic heterocycles. The number of amides is 1. The first kappa shape index (κ1) is 14.4. The first-order chi connectivity index (χ1) is 6.39. The van der Waals surface area contributed by atoms with Crippen LogP contribution in [-0.2, 0) is 4.79 Å². The largest absolute Gasteiger partial charge is 0.393 e. The van der Waals surface area contributed by atoms with Crippen molar-refractivity contribution in [1.82, 2.24) is 0 Å². The lowest BCUT2D eigenvalue weighted by atomic mass is 9.53. The van der Waals surface area contributed by atoms with E-state index in [9.17, 15) is 9.90 Å². The van der Waals surface area contributed by atoms with Crippen molar-refractivity contribution >= 4 is 5.91 Å². The summed E-state index contributed by atoms with van der Waals surface area (Å²) in [7, 11) is 0. The summed E-state index contributed by atoms with van der Waals surface area (Å²) in [5.41, 5.74) is 4.00.